The Morgan fingerprint density at radius 2 is 1.81 bits per heavy atom. The van der Waals surface area contributed by atoms with Gasteiger partial charge in [-0.15, -0.1) is 0 Å². The van der Waals surface area contributed by atoms with Gasteiger partial charge in [-0.2, -0.15) is 13.2 Å². The van der Waals surface area contributed by atoms with Crippen LogP contribution in [0.3, 0.4) is 0 Å². The Kier molecular flexibility index (Phi) is 6.03. The lowest BCUT2D eigenvalue weighted by atomic mass is 10.1. The summed E-state index contributed by atoms with van der Waals surface area (Å²) in [5, 5.41) is 3.90. The zero-order valence-electron chi connectivity index (χ0n) is 16.5. The summed E-state index contributed by atoms with van der Waals surface area (Å²) in [6.45, 7) is 1.77. The second-order valence-electron chi connectivity index (χ2n) is 6.85. The number of rotatable bonds is 5. The van der Waals surface area contributed by atoms with Gasteiger partial charge in [-0.25, -0.2) is 19.9 Å². The molecule has 11 heteroatoms. The van der Waals surface area contributed by atoms with Crippen LogP contribution in [0.1, 0.15) is 24.4 Å². The van der Waals surface area contributed by atoms with Crippen molar-refractivity contribution in [2.45, 2.75) is 19.1 Å². The van der Waals surface area contributed by atoms with Crippen molar-refractivity contribution in [2.24, 2.45) is 0 Å². The van der Waals surface area contributed by atoms with Gasteiger partial charge in [0.05, 0.1) is 27.9 Å². The summed E-state index contributed by atoms with van der Waals surface area (Å²) < 4.78 is 38.3. The third-order valence-corrected chi connectivity index (χ3v) is 5.14. The highest BCUT2D eigenvalue weighted by atomic mass is 35.5. The van der Waals surface area contributed by atoms with E-state index in [4.69, 9.17) is 23.2 Å². The fourth-order valence-corrected chi connectivity index (χ4v) is 3.51. The second-order valence-corrected chi connectivity index (χ2v) is 7.69. The summed E-state index contributed by atoms with van der Waals surface area (Å²) in [5.74, 6) is 1.21. The van der Waals surface area contributed by atoms with Crippen molar-refractivity contribution in [3.05, 3.63) is 76.6 Å². The number of imidazole rings is 1. The molecule has 0 saturated heterocycles. The predicted molar refractivity (Wildman–Crippen MR) is 116 cm³/mol. The van der Waals surface area contributed by atoms with Crippen molar-refractivity contribution >= 4 is 29.0 Å². The average molecular weight is 479 g/mol. The summed E-state index contributed by atoms with van der Waals surface area (Å²) in [7, 11) is 0. The number of pyridine rings is 1. The highest BCUT2D eigenvalue weighted by Crippen LogP contribution is 2.35. The summed E-state index contributed by atoms with van der Waals surface area (Å²) in [6.07, 6.45) is 1.22. The molecule has 0 bridgehead atoms. The number of aromatic nitrogens is 5. The lowest BCUT2D eigenvalue weighted by Gasteiger charge is -2.16. The zero-order chi connectivity index (χ0) is 22.9. The van der Waals surface area contributed by atoms with Crippen LogP contribution in [0.15, 0.2) is 55.1 Å². The molecule has 3 aromatic heterocycles. The molecule has 6 nitrogen and oxygen atoms in total. The molecule has 0 radical (unpaired) electrons. The van der Waals surface area contributed by atoms with Gasteiger partial charge in [0, 0.05) is 35.4 Å². The molecule has 0 spiro atoms. The van der Waals surface area contributed by atoms with Gasteiger partial charge < -0.3 is 10.3 Å². The SMILES string of the molecule is CC(Nc1ccc(C(F)(F)F)cn1)c1ncc(-c2ncc[nH]2)c(-c2ccc(Cl)cc2Cl)n1. The van der Waals surface area contributed by atoms with Crippen LogP contribution in [0.2, 0.25) is 10.0 Å². The molecule has 0 aliphatic carbocycles. The van der Waals surface area contributed by atoms with Gasteiger partial charge in [-0.3, -0.25) is 0 Å². The Morgan fingerprint density at radius 1 is 1.00 bits per heavy atom. The Hall–Kier alpha value is -3.17. The van der Waals surface area contributed by atoms with Crippen LogP contribution >= 0.6 is 23.2 Å². The van der Waals surface area contributed by atoms with Gasteiger partial charge in [0.2, 0.25) is 0 Å². The molecule has 0 amide bonds. The van der Waals surface area contributed by atoms with Crippen LogP contribution in [0.25, 0.3) is 22.6 Å². The van der Waals surface area contributed by atoms with Gasteiger partial charge in [0.1, 0.15) is 11.6 Å². The van der Waals surface area contributed by atoms with Gasteiger partial charge in [-0.1, -0.05) is 23.2 Å². The number of H-pyrrole nitrogens is 1. The van der Waals surface area contributed by atoms with E-state index in [1.165, 1.54) is 6.07 Å². The normalized spacial score (nSPS) is 12.6. The third-order valence-electron chi connectivity index (χ3n) is 4.59. The van der Waals surface area contributed by atoms with Crippen LogP contribution in [0, 0.1) is 0 Å². The van der Waals surface area contributed by atoms with E-state index in [0.717, 1.165) is 12.3 Å². The first kappa shape index (κ1) is 22.0. The fourth-order valence-electron chi connectivity index (χ4n) is 3.01. The molecule has 1 unspecified atom stereocenters. The second kappa shape index (κ2) is 8.76. The number of halogens is 5. The van der Waals surface area contributed by atoms with Gasteiger partial charge >= 0.3 is 6.18 Å². The average Bonchev–Trinajstić information content (AvgIpc) is 3.28. The standard InChI is InChI=1S/C21H15Cl2F3N6/c1-11(31-17-5-2-12(9-29-17)21(24,25)26)19-30-10-15(20-27-6-7-28-20)18(32-19)14-4-3-13(22)8-16(14)23/h2-11H,1H3,(H,27,28)(H,29,31). The molecule has 4 rings (SSSR count). The highest BCUT2D eigenvalue weighted by molar-refractivity contribution is 6.36. The molecule has 0 aliphatic heterocycles. The Labute approximate surface area is 190 Å². The fraction of sp³-hybridized carbons (Fsp3) is 0.143. The zero-order valence-corrected chi connectivity index (χ0v) is 18.0. The lowest BCUT2D eigenvalue weighted by Crippen LogP contribution is -2.13. The number of alkyl halides is 3. The van der Waals surface area contributed by atoms with Crippen LogP contribution in [0.4, 0.5) is 19.0 Å². The third kappa shape index (κ3) is 4.68. The van der Waals surface area contributed by atoms with Gasteiger partial charge in [0.15, 0.2) is 5.82 Å². The summed E-state index contributed by atoms with van der Waals surface area (Å²) in [6, 6.07) is 6.81. The van der Waals surface area contributed by atoms with E-state index in [-0.39, 0.29) is 5.82 Å². The van der Waals surface area contributed by atoms with E-state index in [9.17, 15) is 13.2 Å². The number of nitrogens with zero attached hydrogens (tertiary/aromatic N) is 4. The van der Waals surface area contributed by atoms with Crippen molar-refractivity contribution in [3.63, 3.8) is 0 Å². The maximum Gasteiger partial charge on any atom is 0.417 e. The quantitative estimate of drug-likeness (QED) is 0.345. The van der Waals surface area contributed by atoms with Crippen LogP contribution in [-0.2, 0) is 6.18 Å². The number of hydrogen-bond acceptors (Lipinski definition) is 5. The number of nitrogens with one attached hydrogen (secondary N) is 2. The largest absolute Gasteiger partial charge is 0.417 e. The molecule has 2 N–H and O–H groups in total. The molecule has 1 aromatic carbocycles. The summed E-state index contributed by atoms with van der Waals surface area (Å²) in [4.78, 5) is 20.2. The van der Waals surface area contributed by atoms with E-state index < -0.39 is 17.8 Å². The number of benzene rings is 1. The first-order valence-electron chi connectivity index (χ1n) is 9.34. The van der Waals surface area contributed by atoms with E-state index in [0.29, 0.717) is 38.5 Å². The summed E-state index contributed by atoms with van der Waals surface area (Å²) in [5.41, 5.74) is 0.962. The van der Waals surface area contributed by atoms with E-state index in [2.05, 4.69) is 30.2 Å². The van der Waals surface area contributed by atoms with Crippen molar-refractivity contribution < 1.29 is 13.2 Å². The lowest BCUT2D eigenvalue weighted by molar-refractivity contribution is -0.137. The molecule has 32 heavy (non-hydrogen) atoms. The van der Waals surface area contributed by atoms with Crippen LogP contribution in [-0.4, -0.2) is 24.9 Å². The van der Waals surface area contributed by atoms with E-state index in [1.54, 1.807) is 43.7 Å². The maximum atomic E-state index is 12.8. The highest BCUT2D eigenvalue weighted by Gasteiger charge is 2.30. The van der Waals surface area contributed by atoms with Crippen molar-refractivity contribution in [1.82, 2.24) is 24.9 Å². The topological polar surface area (TPSA) is 79.4 Å². The monoisotopic (exact) mass is 478 g/mol. The van der Waals surface area contributed by atoms with Crippen LogP contribution < -0.4 is 5.32 Å². The molecule has 3 heterocycles. The Morgan fingerprint density at radius 3 is 2.44 bits per heavy atom. The van der Waals surface area contributed by atoms with E-state index >= 15 is 0 Å². The van der Waals surface area contributed by atoms with E-state index in [1.807, 2.05) is 0 Å². The molecule has 0 fully saturated rings. The van der Waals surface area contributed by atoms with Gasteiger partial charge in [-0.05, 0) is 37.3 Å². The van der Waals surface area contributed by atoms with Crippen molar-refractivity contribution in [1.29, 1.82) is 0 Å². The molecule has 164 valence electrons. The predicted octanol–water partition coefficient (Wildman–Crippen LogP) is 6.43. The summed E-state index contributed by atoms with van der Waals surface area (Å²) >= 11 is 12.4. The van der Waals surface area contributed by atoms with Crippen LogP contribution in [0.5, 0.6) is 0 Å². The molecular weight excluding hydrogens is 464 g/mol. The molecular formula is C21H15Cl2F3N6. The molecule has 0 saturated carbocycles. The number of hydrogen-bond donors (Lipinski definition) is 2. The number of aromatic amines is 1. The minimum Gasteiger partial charge on any atom is -0.360 e. The first-order chi connectivity index (χ1) is 15.2. The minimum absolute atomic E-state index is 0.260. The minimum atomic E-state index is -4.45. The van der Waals surface area contributed by atoms with Gasteiger partial charge in [0.25, 0.3) is 0 Å². The van der Waals surface area contributed by atoms with Crippen molar-refractivity contribution in [3.8, 4) is 22.6 Å². The molecule has 0 aliphatic rings. The smallest absolute Gasteiger partial charge is 0.360 e. The Balaban J connectivity index is 1.69. The molecule has 4 aromatic rings. The first-order valence-corrected chi connectivity index (χ1v) is 10.1. The van der Waals surface area contributed by atoms with Crippen molar-refractivity contribution in [2.75, 3.05) is 5.32 Å². The Bertz CT molecular complexity index is 1230. The maximum absolute atomic E-state index is 12.8. The molecule has 1 atom stereocenters. The number of anilines is 1.